The fourth-order valence-electron chi connectivity index (χ4n) is 2.11. The first kappa shape index (κ1) is 14.1. The molecule has 1 atom stereocenters. The van der Waals surface area contributed by atoms with Crippen molar-refractivity contribution in [3.05, 3.63) is 34.3 Å². The Bertz CT molecular complexity index is 494. The van der Waals surface area contributed by atoms with Crippen molar-refractivity contribution in [1.82, 2.24) is 5.32 Å². The molecular weight excluding hydrogens is 310 g/mol. The van der Waals surface area contributed by atoms with Crippen LogP contribution >= 0.6 is 15.9 Å². The number of amides is 1. The smallest absolute Gasteiger partial charge is 0.328 e. The predicted octanol–water partition coefficient (Wildman–Crippen LogP) is 2.16. The van der Waals surface area contributed by atoms with Crippen LogP contribution in [-0.4, -0.2) is 25.0 Å². The molecule has 1 aliphatic rings. The number of nitrogens with one attached hydrogen (secondary N) is 1. The lowest BCUT2D eigenvalue weighted by Gasteiger charge is -2.18. The van der Waals surface area contributed by atoms with Crippen molar-refractivity contribution in [2.24, 2.45) is 0 Å². The molecule has 1 N–H and O–H groups in total. The molecule has 0 radical (unpaired) electrons. The number of rotatable bonds is 4. The maximum atomic E-state index is 12.3. The van der Waals surface area contributed by atoms with Gasteiger partial charge >= 0.3 is 5.97 Å². The normalized spacial score (nSPS) is 17.4. The summed E-state index contributed by atoms with van der Waals surface area (Å²) < 4.78 is 5.59. The number of carbonyl (C=O) groups is 2. The molecule has 19 heavy (non-hydrogen) atoms. The third-order valence-corrected chi connectivity index (χ3v) is 4.01. The summed E-state index contributed by atoms with van der Waals surface area (Å²) >= 11 is 3.38. The zero-order valence-corrected chi connectivity index (χ0v) is 12.5. The zero-order valence-electron chi connectivity index (χ0n) is 10.9. The van der Waals surface area contributed by atoms with Crippen molar-refractivity contribution in [2.45, 2.75) is 31.2 Å². The van der Waals surface area contributed by atoms with Crippen molar-refractivity contribution in [2.75, 3.05) is 7.11 Å². The maximum absolute atomic E-state index is 12.3. The molecule has 0 aliphatic heterocycles. The Morgan fingerprint density at radius 2 is 1.89 bits per heavy atom. The van der Waals surface area contributed by atoms with Gasteiger partial charge in [-0.1, -0.05) is 28.1 Å². The van der Waals surface area contributed by atoms with Crippen LogP contribution in [0.1, 0.15) is 25.3 Å². The zero-order chi connectivity index (χ0) is 14.0. The first-order valence-electron chi connectivity index (χ1n) is 6.14. The Morgan fingerprint density at radius 3 is 2.37 bits per heavy atom. The predicted molar refractivity (Wildman–Crippen MR) is 74.7 cm³/mol. The molecule has 1 aliphatic carbocycles. The molecule has 5 heteroatoms. The van der Waals surface area contributed by atoms with Gasteiger partial charge in [-0.25, -0.2) is 4.79 Å². The summed E-state index contributed by atoms with van der Waals surface area (Å²) in [5.41, 5.74) is 0.522. The second-order valence-corrected chi connectivity index (χ2v) is 5.72. The minimum atomic E-state index is -0.620. The van der Waals surface area contributed by atoms with Crippen molar-refractivity contribution < 1.29 is 14.3 Å². The molecule has 0 bridgehead atoms. The van der Waals surface area contributed by atoms with Gasteiger partial charge in [-0.15, -0.1) is 0 Å². The van der Waals surface area contributed by atoms with Crippen LogP contribution < -0.4 is 5.32 Å². The van der Waals surface area contributed by atoms with Gasteiger partial charge < -0.3 is 10.1 Å². The third kappa shape index (κ3) is 2.81. The molecular formula is C14H16BrNO3. The average molecular weight is 326 g/mol. The van der Waals surface area contributed by atoms with Gasteiger partial charge in [0.15, 0.2) is 0 Å². The van der Waals surface area contributed by atoms with Crippen LogP contribution in [-0.2, 0) is 19.7 Å². The SMILES string of the molecule is COC(=O)[C@H](C)NC(=O)C1(c2ccc(Br)cc2)CC1. The minimum Gasteiger partial charge on any atom is -0.467 e. The second-order valence-electron chi connectivity index (χ2n) is 4.81. The van der Waals surface area contributed by atoms with E-state index < -0.39 is 17.4 Å². The van der Waals surface area contributed by atoms with Crippen molar-refractivity contribution >= 4 is 27.8 Å². The van der Waals surface area contributed by atoms with Crippen LogP contribution in [0.25, 0.3) is 0 Å². The highest BCUT2D eigenvalue weighted by Crippen LogP contribution is 2.48. The number of hydrogen-bond acceptors (Lipinski definition) is 3. The molecule has 0 spiro atoms. The number of carbonyl (C=O) groups excluding carboxylic acids is 2. The molecule has 0 heterocycles. The van der Waals surface area contributed by atoms with Crippen LogP contribution in [0.15, 0.2) is 28.7 Å². The summed E-state index contributed by atoms with van der Waals surface area (Å²) in [5.74, 6) is -0.535. The first-order valence-corrected chi connectivity index (χ1v) is 6.94. The molecule has 1 amide bonds. The van der Waals surface area contributed by atoms with Crippen LogP contribution in [0, 0.1) is 0 Å². The molecule has 0 unspecified atom stereocenters. The van der Waals surface area contributed by atoms with Crippen LogP contribution in [0.4, 0.5) is 0 Å². The highest BCUT2D eigenvalue weighted by Gasteiger charge is 2.51. The molecule has 4 nitrogen and oxygen atoms in total. The summed E-state index contributed by atoms with van der Waals surface area (Å²) in [6.45, 7) is 1.63. The van der Waals surface area contributed by atoms with E-state index in [1.807, 2.05) is 24.3 Å². The molecule has 0 saturated heterocycles. The Morgan fingerprint density at radius 1 is 1.32 bits per heavy atom. The van der Waals surface area contributed by atoms with Crippen molar-refractivity contribution in [1.29, 1.82) is 0 Å². The Kier molecular flexibility index (Phi) is 3.94. The maximum Gasteiger partial charge on any atom is 0.328 e. The number of benzene rings is 1. The van der Waals surface area contributed by atoms with Gasteiger partial charge in [0.1, 0.15) is 6.04 Å². The van der Waals surface area contributed by atoms with E-state index in [1.54, 1.807) is 6.92 Å². The molecule has 1 aromatic carbocycles. The monoisotopic (exact) mass is 325 g/mol. The number of ether oxygens (including phenoxy) is 1. The molecule has 102 valence electrons. The minimum absolute atomic E-state index is 0.104. The Labute approximate surface area is 120 Å². The fraction of sp³-hybridized carbons (Fsp3) is 0.429. The molecule has 1 aromatic rings. The van der Waals surface area contributed by atoms with E-state index in [0.717, 1.165) is 22.9 Å². The van der Waals surface area contributed by atoms with Gasteiger partial charge in [-0.2, -0.15) is 0 Å². The van der Waals surface area contributed by atoms with E-state index in [-0.39, 0.29) is 5.91 Å². The largest absolute Gasteiger partial charge is 0.467 e. The van der Waals surface area contributed by atoms with Crippen LogP contribution in [0.3, 0.4) is 0 Å². The van der Waals surface area contributed by atoms with Crippen LogP contribution in [0.2, 0.25) is 0 Å². The van der Waals surface area contributed by atoms with Gasteiger partial charge in [0.05, 0.1) is 12.5 Å². The molecule has 0 aromatic heterocycles. The fourth-order valence-corrected chi connectivity index (χ4v) is 2.38. The highest BCUT2D eigenvalue weighted by molar-refractivity contribution is 9.10. The topological polar surface area (TPSA) is 55.4 Å². The highest BCUT2D eigenvalue weighted by atomic mass is 79.9. The van der Waals surface area contributed by atoms with E-state index in [9.17, 15) is 9.59 Å². The summed E-state index contributed by atoms with van der Waals surface area (Å²) in [6.07, 6.45) is 1.63. The van der Waals surface area contributed by atoms with E-state index in [0.29, 0.717) is 0 Å². The lowest BCUT2D eigenvalue weighted by Crippen LogP contribution is -2.44. The van der Waals surface area contributed by atoms with E-state index in [4.69, 9.17) is 0 Å². The molecule has 2 rings (SSSR count). The Balaban J connectivity index is 2.10. The third-order valence-electron chi connectivity index (χ3n) is 3.48. The van der Waals surface area contributed by atoms with Gasteiger partial charge in [-0.3, -0.25) is 4.79 Å². The number of esters is 1. The molecule has 1 fully saturated rings. The van der Waals surface area contributed by atoms with Gasteiger partial charge in [0.25, 0.3) is 0 Å². The van der Waals surface area contributed by atoms with Crippen molar-refractivity contribution in [3.63, 3.8) is 0 Å². The van der Waals surface area contributed by atoms with Gasteiger partial charge in [0.2, 0.25) is 5.91 Å². The van der Waals surface area contributed by atoms with Gasteiger partial charge in [0, 0.05) is 4.47 Å². The van der Waals surface area contributed by atoms with Crippen LogP contribution in [0.5, 0.6) is 0 Å². The average Bonchev–Trinajstić information content (AvgIpc) is 3.20. The number of halogens is 1. The Hall–Kier alpha value is -1.36. The van der Waals surface area contributed by atoms with Crippen molar-refractivity contribution in [3.8, 4) is 0 Å². The van der Waals surface area contributed by atoms with Gasteiger partial charge in [-0.05, 0) is 37.5 Å². The number of hydrogen-bond donors (Lipinski definition) is 1. The number of methoxy groups -OCH3 is 1. The summed E-state index contributed by atoms with van der Waals surface area (Å²) in [5, 5.41) is 2.72. The lowest BCUT2D eigenvalue weighted by atomic mass is 9.95. The van der Waals surface area contributed by atoms with E-state index in [2.05, 4.69) is 26.0 Å². The molecule has 1 saturated carbocycles. The van der Waals surface area contributed by atoms with E-state index in [1.165, 1.54) is 7.11 Å². The standard InChI is InChI=1S/C14H16BrNO3/c1-9(12(17)19-2)16-13(18)14(7-8-14)10-3-5-11(15)6-4-10/h3-6,9H,7-8H2,1-2H3,(H,16,18)/t9-/m0/s1. The quantitative estimate of drug-likeness (QED) is 0.863. The summed E-state index contributed by atoms with van der Waals surface area (Å²) in [4.78, 5) is 23.6. The first-order chi connectivity index (χ1) is 8.99. The summed E-state index contributed by atoms with van der Waals surface area (Å²) in [7, 11) is 1.31. The van der Waals surface area contributed by atoms with E-state index >= 15 is 0 Å². The second kappa shape index (κ2) is 5.33. The lowest BCUT2D eigenvalue weighted by molar-refractivity contribution is -0.144. The summed E-state index contributed by atoms with van der Waals surface area (Å²) in [6, 6.07) is 7.11.